The van der Waals surface area contributed by atoms with E-state index < -0.39 is 6.61 Å². The summed E-state index contributed by atoms with van der Waals surface area (Å²) in [4.78, 5) is 20.2. The van der Waals surface area contributed by atoms with E-state index in [1.54, 1.807) is 18.3 Å². The lowest BCUT2D eigenvalue weighted by atomic mass is 10.2. The molecule has 0 radical (unpaired) electrons. The van der Waals surface area contributed by atoms with E-state index in [0.717, 1.165) is 0 Å². The quantitative estimate of drug-likeness (QED) is 0.192. The molecule has 164 valence electrons. The molecule has 0 unspecified atom stereocenters. The van der Waals surface area contributed by atoms with Gasteiger partial charge in [0.25, 0.3) is 5.91 Å². The first-order valence-corrected chi connectivity index (χ1v) is 9.31. The van der Waals surface area contributed by atoms with Gasteiger partial charge in [0.2, 0.25) is 0 Å². The van der Waals surface area contributed by atoms with Gasteiger partial charge in [0, 0.05) is 42.6 Å². The highest BCUT2D eigenvalue weighted by molar-refractivity contribution is 14.0. The molecular weight excluding hydrogens is 531 g/mol. The molecule has 1 aromatic carbocycles. The van der Waals surface area contributed by atoms with Crippen molar-refractivity contribution < 1.29 is 18.3 Å². The Hall–Kier alpha value is -2.21. The molecule has 0 atom stereocenters. The standard InChI is InChI=1S/C19H22ClF2N5O2.HI/c1-2-24-19(26-9-8-25-17(28)13-4-3-7-23-11-13)27-12-14-10-15(20)5-6-16(14)29-18(21)22;/h3-7,10-11,18H,2,8-9,12H2,1H3,(H,25,28)(H2,24,26,27);1H. The van der Waals surface area contributed by atoms with Gasteiger partial charge in [-0.05, 0) is 37.3 Å². The molecule has 0 saturated carbocycles. The zero-order chi connectivity index (χ0) is 21.1. The van der Waals surface area contributed by atoms with Gasteiger partial charge in [-0.1, -0.05) is 11.6 Å². The first kappa shape index (κ1) is 25.8. The van der Waals surface area contributed by atoms with Crippen LogP contribution in [0.1, 0.15) is 22.8 Å². The number of carbonyl (C=O) groups is 1. The second kappa shape index (κ2) is 13.9. The number of ether oxygens (including phenoxy) is 1. The van der Waals surface area contributed by atoms with E-state index in [0.29, 0.717) is 41.7 Å². The fraction of sp³-hybridized carbons (Fsp3) is 0.316. The van der Waals surface area contributed by atoms with Crippen LogP contribution in [0.4, 0.5) is 8.78 Å². The van der Waals surface area contributed by atoms with Crippen molar-refractivity contribution in [3.8, 4) is 5.75 Å². The number of carbonyl (C=O) groups excluding carboxylic acids is 1. The summed E-state index contributed by atoms with van der Waals surface area (Å²) in [7, 11) is 0. The number of aliphatic imine (C=N–C) groups is 1. The van der Waals surface area contributed by atoms with Gasteiger partial charge >= 0.3 is 6.61 Å². The SMILES string of the molecule is CCNC(=NCc1cc(Cl)ccc1OC(F)F)NCCNC(=O)c1cccnc1.I. The number of pyridine rings is 1. The zero-order valence-corrected chi connectivity index (χ0v) is 19.3. The predicted octanol–water partition coefficient (Wildman–Crippen LogP) is 3.44. The Morgan fingerprint density at radius 3 is 2.67 bits per heavy atom. The van der Waals surface area contributed by atoms with Gasteiger partial charge in [0.15, 0.2) is 5.96 Å². The molecule has 0 aliphatic heterocycles. The fourth-order valence-corrected chi connectivity index (χ4v) is 2.54. The van der Waals surface area contributed by atoms with Gasteiger partial charge in [-0.3, -0.25) is 9.78 Å². The summed E-state index contributed by atoms with van der Waals surface area (Å²) in [6.07, 6.45) is 3.08. The maximum absolute atomic E-state index is 12.6. The molecule has 30 heavy (non-hydrogen) atoms. The van der Waals surface area contributed by atoms with Crippen molar-refractivity contribution in [1.29, 1.82) is 0 Å². The molecule has 0 fully saturated rings. The number of nitrogens with one attached hydrogen (secondary N) is 3. The number of hydrogen-bond donors (Lipinski definition) is 3. The molecular formula is C19H23ClF2IN5O2. The van der Waals surface area contributed by atoms with E-state index in [9.17, 15) is 13.6 Å². The monoisotopic (exact) mass is 553 g/mol. The summed E-state index contributed by atoms with van der Waals surface area (Å²) >= 11 is 5.95. The van der Waals surface area contributed by atoms with Crippen LogP contribution in [0.15, 0.2) is 47.7 Å². The number of nitrogens with zero attached hydrogens (tertiary/aromatic N) is 2. The number of aromatic nitrogens is 1. The van der Waals surface area contributed by atoms with Crippen LogP contribution in [0.5, 0.6) is 5.75 Å². The number of amides is 1. The van der Waals surface area contributed by atoms with Gasteiger partial charge in [0.05, 0.1) is 12.1 Å². The molecule has 11 heteroatoms. The molecule has 0 aliphatic rings. The normalized spacial score (nSPS) is 10.9. The van der Waals surface area contributed by atoms with Crippen molar-refractivity contribution in [3.05, 3.63) is 58.9 Å². The number of rotatable bonds is 9. The summed E-state index contributed by atoms with van der Waals surface area (Å²) in [6, 6.07) is 7.74. The van der Waals surface area contributed by atoms with E-state index in [1.807, 2.05) is 6.92 Å². The Morgan fingerprint density at radius 1 is 1.23 bits per heavy atom. The second-order valence-corrected chi connectivity index (χ2v) is 6.19. The summed E-state index contributed by atoms with van der Waals surface area (Å²) in [5.41, 5.74) is 0.903. The first-order chi connectivity index (χ1) is 14.0. The highest BCUT2D eigenvalue weighted by Gasteiger charge is 2.10. The number of benzene rings is 1. The Labute approximate surface area is 195 Å². The Morgan fingerprint density at radius 2 is 2.00 bits per heavy atom. The average Bonchev–Trinajstić information content (AvgIpc) is 2.71. The summed E-state index contributed by atoms with van der Waals surface area (Å²) < 4.78 is 29.6. The second-order valence-electron chi connectivity index (χ2n) is 5.75. The molecule has 2 aromatic rings. The Bertz CT molecular complexity index is 828. The lowest BCUT2D eigenvalue weighted by molar-refractivity contribution is -0.0504. The molecule has 0 aliphatic carbocycles. The molecule has 3 N–H and O–H groups in total. The molecule has 7 nitrogen and oxygen atoms in total. The Kier molecular flexibility index (Phi) is 12.0. The van der Waals surface area contributed by atoms with Gasteiger partial charge in [-0.25, -0.2) is 4.99 Å². The highest BCUT2D eigenvalue weighted by Crippen LogP contribution is 2.25. The van der Waals surface area contributed by atoms with Crippen LogP contribution in [-0.4, -0.2) is 43.1 Å². The van der Waals surface area contributed by atoms with Crippen LogP contribution in [0.25, 0.3) is 0 Å². The fourth-order valence-electron chi connectivity index (χ4n) is 2.34. The van der Waals surface area contributed by atoms with E-state index in [2.05, 4.69) is 30.7 Å². The number of guanidine groups is 1. The zero-order valence-electron chi connectivity index (χ0n) is 16.2. The minimum atomic E-state index is -2.94. The minimum Gasteiger partial charge on any atom is -0.434 e. The predicted molar refractivity (Wildman–Crippen MR) is 123 cm³/mol. The summed E-state index contributed by atoms with van der Waals surface area (Å²) in [5.74, 6) is 0.258. The number of alkyl halides is 2. The van der Waals surface area contributed by atoms with Crippen molar-refractivity contribution in [2.45, 2.75) is 20.1 Å². The van der Waals surface area contributed by atoms with Crippen LogP contribution in [0.2, 0.25) is 5.02 Å². The third kappa shape index (κ3) is 9.08. The minimum absolute atomic E-state index is 0. The van der Waals surface area contributed by atoms with Crippen LogP contribution in [-0.2, 0) is 6.54 Å². The molecule has 1 heterocycles. The van der Waals surface area contributed by atoms with E-state index in [-0.39, 0.29) is 42.2 Å². The highest BCUT2D eigenvalue weighted by atomic mass is 127. The molecule has 0 saturated heterocycles. The first-order valence-electron chi connectivity index (χ1n) is 8.93. The van der Waals surface area contributed by atoms with Gasteiger partial charge in [-0.15, -0.1) is 24.0 Å². The van der Waals surface area contributed by atoms with Crippen LogP contribution in [0, 0.1) is 0 Å². The van der Waals surface area contributed by atoms with Crippen molar-refractivity contribution in [1.82, 2.24) is 20.9 Å². The van der Waals surface area contributed by atoms with Crippen molar-refractivity contribution in [2.24, 2.45) is 4.99 Å². The smallest absolute Gasteiger partial charge is 0.387 e. The van der Waals surface area contributed by atoms with Crippen LogP contribution in [0.3, 0.4) is 0 Å². The summed E-state index contributed by atoms with van der Waals surface area (Å²) in [6.45, 7) is 0.410. The summed E-state index contributed by atoms with van der Waals surface area (Å²) in [5, 5.41) is 9.26. The van der Waals surface area contributed by atoms with Crippen molar-refractivity contribution in [2.75, 3.05) is 19.6 Å². The van der Waals surface area contributed by atoms with E-state index >= 15 is 0 Å². The van der Waals surface area contributed by atoms with E-state index in [4.69, 9.17) is 11.6 Å². The third-order valence-corrected chi connectivity index (χ3v) is 3.85. The van der Waals surface area contributed by atoms with Crippen LogP contribution >= 0.6 is 35.6 Å². The molecule has 0 spiro atoms. The Balaban J connectivity index is 0.00000450. The van der Waals surface area contributed by atoms with Crippen molar-refractivity contribution >= 4 is 47.4 Å². The third-order valence-electron chi connectivity index (χ3n) is 3.62. The lowest BCUT2D eigenvalue weighted by Crippen LogP contribution is -2.41. The largest absolute Gasteiger partial charge is 0.434 e. The number of hydrogen-bond acceptors (Lipinski definition) is 4. The lowest BCUT2D eigenvalue weighted by Gasteiger charge is -2.13. The number of halogens is 4. The van der Waals surface area contributed by atoms with Gasteiger partial charge in [0.1, 0.15) is 5.75 Å². The molecule has 1 amide bonds. The maximum atomic E-state index is 12.6. The molecule has 2 rings (SSSR count). The molecule has 1 aromatic heterocycles. The van der Waals surface area contributed by atoms with Gasteiger partial charge in [-0.2, -0.15) is 8.78 Å². The maximum Gasteiger partial charge on any atom is 0.387 e. The van der Waals surface area contributed by atoms with E-state index in [1.165, 1.54) is 24.4 Å². The van der Waals surface area contributed by atoms with Crippen LogP contribution < -0.4 is 20.7 Å². The topological polar surface area (TPSA) is 87.6 Å². The molecule has 0 bridgehead atoms. The van der Waals surface area contributed by atoms with Crippen molar-refractivity contribution in [3.63, 3.8) is 0 Å². The van der Waals surface area contributed by atoms with Gasteiger partial charge < -0.3 is 20.7 Å². The average molecular weight is 554 g/mol.